The van der Waals surface area contributed by atoms with Crippen LogP contribution in [0.2, 0.25) is 0 Å². The molecule has 5 heteroatoms. The predicted octanol–water partition coefficient (Wildman–Crippen LogP) is 1.67. The topological polar surface area (TPSA) is 66.5 Å². The van der Waals surface area contributed by atoms with Gasteiger partial charge in [0.15, 0.2) is 11.6 Å². The first-order chi connectivity index (χ1) is 6.45. The molecule has 78 valence electrons. The van der Waals surface area contributed by atoms with Crippen molar-refractivity contribution in [3.63, 3.8) is 0 Å². The molecule has 0 spiro atoms. The molecule has 3 nitrogen and oxygen atoms in total. The Morgan fingerprint density at radius 2 is 2.07 bits per heavy atom. The van der Waals surface area contributed by atoms with Crippen LogP contribution in [0.25, 0.3) is 0 Å². The highest BCUT2D eigenvalue weighted by atomic mass is 79.9. The van der Waals surface area contributed by atoms with Crippen molar-refractivity contribution in [1.29, 1.82) is 0 Å². The van der Waals surface area contributed by atoms with E-state index in [1.807, 2.05) is 0 Å². The average molecular weight is 264 g/mol. The lowest BCUT2D eigenvalue weighted by molar-refractivity contribution is 0.148. The third kappa shape index (κ3) is 2.05. The van der Waals surface area contributed by atoms with Gasteiger partial charge in [-0.15, -0.1) is 0 Å². The number of aliphatic hydroxyl groups is 1. The number of phenols is 1. The summed E-state index contributed by atoms with van der Waals surface area (Å²) in [6, 6.07) is 1.94. The summed E-state index contributed by atoms with van der Waals surface area (Å²) in [5.74, 6) is -1.34. The minimum absolute atomic E-state index is 0.0833. The highest BCUT2D eigenvalue weighted by Gasteiger charge is 2.21. The highest BCUT2D eigenvalue weighted by molar-refractivity contribution is 9.10. The van der Waals surface area contributed by atoms with Crippen LogP contribution in [0.3, 0.4) is 0 Å². The number of nitrogens with two attached hydrogens (primary N) is 1. The van der Waals surface area contributed by atoms with Crippen molar-refractivity contribution in [2.75, 3.05) is 0 Å². The quantitative estimate of drug-likeness (QED) is 0.761. The van der Waals surface area contributed by atoms with E-state index in [1.54, 1.807) is 6.92 Å². The first-order valence-corrected chi connectivity index (χ1v) is 4.85. The Kier molecular flexibility index (Phi) is 3.47. The van der Waals surface area contributed by atoms with Gasteiger partial charge in [0.1, 0.15) is 0 Å². The third-order valence-corrected chi connectivity index (χ3v) is 2.60. The van der Waals surface area contributed by atoms with Crippen molar-refractivity contribution in [3.8, 4) is 5.75 Å². The molecule has 0 saturated carbocycles. The van der Waals surface area contributed by atoms with Gasteiger partial charge < -0.3 is 15.9 Å². The van der Waals surface area contributed by atoms with E-state index in [0.29, 0.717) is 4.47 Å². The first kappa shape index (κ1) is 11.4. The lowest BCUT2D eigenvalue weighted by atomic mass is 10.0. The fourth-order valence-corrected chi connectivity index (χ4v) is 1.66. The molecule has 0 fully saturated rings. The van der Waals surface area contributed by atoms with Gasteiger partial charge in [0, 0.05) is 16.1 Å². The maximum absolute atomic E-state index is 13.0. The molecule has 0 radical (unpaired) electrons. The van der Waals surface area contributed by atoms with Gasteiger partial charge in [0.05, 0.1) is 6.10 Å². The molecule has 1 aromatic rings. The third-order valence-electron chi connectivity index (χ3n) is 1.91. The average Bonchev–Trinajstić information content (AvgIpc) is 2.12. The van der Waals surface area contributed by atoms with E-state index in [2.05, 4.69) is 15.9 Å². The largest absolute Gasteiger partial charge is 0.505 e. The van der Waals surface area contributed by atoms with Crippen molar-refractivity contribution >= 4 is 15.9 Å². The first-order valence-electron chi connectivity index (χ1n) is 4.05. The van der Waals surface area contributed by atoms with Crippen molar-refractivity contribution in [3.05, 3.63) is 28.0 Å². The lowest BCUT2D eigenvalue weighted by Gasteiger charge is -2.17. The zero-order valence-corrected chi connectivity index (χ0v) is 9.12. The number of rotatable bonds is 2. The fourth-order valence-electron chi connectivity index (χ4n) is 1.10. The van der Waals surface area contributed by atoms with Crippen LogP contribution in [-0.4, -0.2) is 16.3 Å². The SMILES string of the molecule is CC(N)C(O)c1c(Br)ccc(F)c1O. The number of halogens is 2. The second-order valence-corrected chi connectivity index (χ2v) is 3.95. The molecule has 0 heterocycles. The van der Waals surface area contributed by atoms with E-state index in [4.69, 9.17) is 5.73 Å². The number of hydrogen-bond donors (Lipinski definition) is 3. The van der Waals surface area contributed by atoms with Crippen molar-refractivity contribution in [2.24, 2.45) is 5.73 Å². The Morgan fingerprint density at radius 1 is 1.50 bits per heavy atom. The van der Waals surface area contributed by atoms with Crippen LogP contribution in [0.5, 0.6) is 5.75 Å². The molecule has 0 aliphatic heterocycles. The zero-order valence-electron chi connectivity index (χ0n) is 7.54. The molecule has 0 aromatic heterocycles. The van der Waals surface area contributed by atoms with E-state index in [-0.39, 0.29) is 5.56 Å². The smallest absolute Gasteiger partial charge is 0.165 e. The van der Waals surface area contributed by atoms with Crippen molar-refractivity contribution < 1.29 is 14.6 Å². The van der Waals surface area contributed by atoms with Crippen LogP contribution < -0.4 is 5.73 Å². The maximum atomic E-state index is 13.0. The fraction of sp³-hybridized carbons (Fsp3) is 0.333. The van der Waals surface area contributed by atoms with Gasteiger partial charge in [-0.1, -0.05) is 15.9 Å². The summed E-state index contributed by atoms with van der Waals surface area (Å²) in [4.78, 5) is 0. The predicted molar refractivity (Wildman–Crippen MR) is 54.4 cm³/mol. The molecule has 1 rings (SSSR count). The van der Waals surface area contributed by atoms with Gasteiger partial charge in [-0.05, 0) is 19.1 Å². The van der Waals surface area contributed by atoms with Gasteiger partial charge in [-0.2, -0.15) is 0 Å². The standard InChI is InChI=1S/C9H11BrFNO2/c1-4(12)8(13)7-5(10)2-3-6(11)9(7)14/h2-4,8,13-14H,12H2,1H3. The molecule has 2 unspecified atom stereocenters. The summed E-state index contributed by atoms with van der Waals surface area (Å²) >= 11 is 3.11. The number of aliphatic hydroxyl groups excluding tert-OH is 1. The summed E-state index contributed by atoms with van der Waals surface area (Å²) in [7, 11) is 0. The molecule has 0 aliphatic rings. The summed E-state index contributed by atoms with van der Waals surface area (Å²) in [5.41, 5.74) is 5.53. The Labute approximate surface area is 89.5 Å². The number of phenolic OH excluding ortho intramolecular Hbond substituents is 1. The monoisotopic (exact) mass is 263 g/mol. The maximum Gasteiger partial charge on any atom is 0.165 e. The Morgan fingerprint density at radius 3 is 2.57 bits per heavy atom. The van der Waals surface area contributed by atoms with E-state index in [0.717, 1.165) is 6.07 Å². The molecule has 0 saturated heterocycles. The Bertz CT molecular complexity index is 344. The van der Waals surface area contributed by atoms with E-state index in [1.165, 1.54) is 6.07 Å². The number of benzene rings is 1. The Hall–Kier alpha value is -0.650. The summed E-state index contributed by atoms with van der Waals surface area (Å²) in [5, 5.41) is 19.0. The van der Waals surface area contributed by atoms with Crippen LogP contribution in [0.15, 0.2) is 16.6 Å². The molecular formula is C9H11BrFNO2. The minimum Gasteiger partial charge on any atom is -0.505 e. The highest BCUT2D eigenvalue weighted by Crippen LogP contribution is 2.34. The molecular weight excluding hydrogens is 253 g/mol. The second-order valence-electron chi connectivity index (χ2n) is 3.10. The molecule has 0 aliphatic carbocycles. The van der Waals surface area contributed by atoms with Crippen LogP contribution >= 0.6 is 15.9 Å². The van der Waals surface area contributed by atoms with Gasteiger partial charge >= 0.3 is 0 Å². The molecule has 1 aromatic carbocycles. The zero-order chi connectivity index (χ0) is 10.9. The number of hydrogen-bond acceptors (Lipinski definition) is 3. The van der Waals surface area contributed by atoms with Gasteiger partial charge in [0.2, 0.25) is 0 Å². The summed E-state index contributed by atoms with van der Waals surface area (Å²) in [6.45, 7) is 1.57. The van der Waals surface area contributed by atoms with Crippen LogP contribution in [0, 0.1) is 5.82 Å². The van der Waals surface area contributed by atoms with E-state index < -0.39 is 23.7 Å². The summed E-state index contributed by atoms with van der Waals surface area (Å²) < 4.78 is 13.4. The normalized spacial score (nSPS) is 15.2. The molecule has 2 atom stereocenters. The van der Waals surface area contributed by atoms with E-state index in [9.17, 15) is 14.6 Å². The second kappa shape index (κ2) is 4.25. The van der Waals surface area contributed by atoms with Gasteiger partial charge in [0.25, 0.3) is 0 Å². The minimum atomic E-state index is -1.10. The van der Waals surface area contributed by atoms with Gasteiger partial charge in [-0.25, -0.2) is 4.39 Å². The van der Waals surface area contributed by atoms with Crippen molar-refractivity contribution in [1.82, 2.24) is 0 Å². The van der Waals surface area contributed by atoms with E-state index >= 15 is 0 Å². The molecule has 0 amide bonds. The molecule has 14 heavy (non-hydrogen) atoms. The summed E-state index contributed by atoms with van der Waals surface area (Å²) in [6.07, 6.45) is -1.10. The van der Waals surface area contributed by atoms with Crippen LogP contribution in [0.1, 0.15) is 18.6 Å². The molecule has 4 N–H and O–H groups in total. The van der Waals surface area contributed by atoms with Crippen LogP contribution in [0.4, 0.5) is 4.39 Å². The van der Waals surface area contributed by atoms with Crippen LogP contribution in [-0.2, 0) is 0 Å². The lowest BCUT2D eigenvalue weighted by Crippen LogP contribution is -2.24. The Balaban J connectivity index is 3.25. The molecule has 0 bridgehead atoms. The number of aromatic hydroxyl groups is 1. The van der Waals surface area contributed by atoms with Crippen molar-refractivity contribution in [2.45, 2.75) is 19.1 Å². The van der Waals surface area contributed by atoms with Gasteiger partial charge in [-0.3, -0.25) is 0 Å².